The molecule has 0 spiro atoms. The zero-order valence-corrected chi connectivity index (χ0v) is 14.6. The van der Waals surface area contributed by atoms with E-state index in [9.17, 15) is 9.18 Å². The minimum absolute atomic E-state index is 0.237. The first kappa shape index (κ1) is 16.9. The van der Waals surface area contributed by atoms with Crippen LogP contribution in [0.15, 0.2) is 65.1 Å². The summed E-state index contributed by atoms with van der Waals surface area (Å²) < 4.78 is 18.7. The summed E-state index contributed by atoms with van der Waals surface area (Å²) in [5.41, 5.74) is 3.98. The molecule has 134 valence electrons. The Labute approximate surface area is 154 Å². The van der Waals surface area contributed by atoms with E-state index in [1.54, 1.807) is 30.3 Å². The second-order valence-electron chi connectivity index (χ2n) is 6.17. The van der Waals surface area contributed by atoms with E-state index in [2.05, 4.69) is 15.3 Å². The van der Waals surface area contributed by atoms with Crippen LogP contribution in [-0.2, 0) is 6.54 Å². The molecule has 1 N–H and O–H groups in total. The van der Waals surface area contributed by atoms with Crippen molar-refractivity contribution in [3.8, 4) is 11.6 Å². The number of pyridine rings is 1. The van der Waals surface area contributed by atoms with E-state index in [0.717, 1.165) is 11.3 Å². The van der Waals surface area contributed by atoms with Crippen molar-refractivity contribution in [2.24, 2.45) is 0 Å². The molecule has 5 nitrogen and oxygen atoms in total. The molecule has 2 heterocycles. The van der Waals surface area contributed by atoms with Gasteiger partial charge >= 0.3 is 0 Å². The lowest BCUT2D eigenvalue weighted by atomic mass is 10.1. The smallest absolute Gasteiger partial charge is 0.251 e. The van der Waals surface area contributed by atoms with Gasteiger partial charge in [0.25, 0.3) is 5.91 Å². The SMILES string of the molecule is Cc1cccc(-c2nc3cc(C(=O)NCc4ccc(F)cc4)ccc3o2)n1. The van der Waals surface area contributed by atoms with Crippen LogP contribution in [0, 0.1) is 12.7 Å². The number of carbonyl (C=O) groups is 1. The van der Waals surface area contributed by atoms with Crippen LogP contribution in [-0.4, -0.2) is 15.9 Å². The van der Waals surface area contributed by atoms with Crippen LogP contribution in [0.4, 0.5) is 4.39 Å². The first-order valence-corrected chi connectivity index (χ1v) is 8.46. The molecule has 0 radical (unpaired) electrons. The van der Waals surface area contributed by atoms with Gasteiger partial charge in [0.2, 0.25) is 5.89 Å². The average molecular weight is 361 g/mol. The Morgan fingerprint density at radius 3 is 2.67 bits per heavy atom. The van der Waals surface area contributed by atoms with Gasteiger partial charge in [0.1, 0.15) is 17.0 Å². The minimum Gasteiger partial charge on any atom is -0.435 e. The Morgan fingerprint density at radius 2 is 1.89 bits per heavy atom. The average Bonchev–Trinajstić information content (AvgIpc) is 3.11. The van der Waals surface area contributed by atoms with Crippen LogP contribution >= 0.6 is 0 Å². The summed E-state index contributed by atoms with van der Waals surface area (Å²) in [7, 11) is 0. The molecule has 0 aliphatic carbocycles. The number of amides is 1. The van der Waals surface area contributed by atoms with Crippen molar-refractivity contribution in [1.82, 2.24) is 15.3 Å². The largest absolute Gasteiger partial charge is 0.435 e. The number of hydrogen-bond donors (Lipinski definition) is 1. The summed E-state index contributed by atoms with van der Waals surface area (Å²) in [6, 6.07) is 16.7. The first-order valence-electron chi connectivity index (χ1n) is 8.46. The van der Waals surface area contributed by atoms with Crippen molar-refractivity contribution >= 4 is 17.0 Å². The van der Waals surface area contributed by atoms with E-state index in [-0.39, 0.29) is 11.7 Å². The van der Waals surface area contributed by atoms with E-state index >= 15 is 0 Å². The zero-order valence-electron chi connectivity index (χ0n) is 14.6. The molecule has 4 rings (SSSR count). The maximum absolute atomic E-state index is 12.9. The normalized spacial score (nSPS) is 10.9. The van der Waals surface area contributed by atoms with E-state index in [1.165, 1.54) is 12.1 Å². The molecule has 4 aromatic rings. The molecular weight excluding hydrogens is 345 g/mol. The Bertz CT molecular complexity index is 1120. The van der Waals surface area contributed by atoms with Gasteiger partial charge in [-0.2, -0.15) is 0 Å². The van der Waals surface area contributed by atoms with Crippen molar-refractivity contribution in [3.05, 3.63) is 83.3 Å². The maximum Gasteiger partial charge on any atom is 0.251 e. The third-order valence-electron chi connectivity index (χ3n) is 4.12. The summed E-state index contributed by atoms with van der Waals surface area (Å²) in [5.74, 6) is -0.127. The maximum atomic E-state index is 12.9. The number of rotatable bonds is 4. The van der Waals surface area contributed by atoms with Crippen LogP contribution in [0.5, 0.6) is 0 Å². The van der Waals surface area contributed by atoms with Crippen LogP contribution in [0.2, 0.25) is 0 Å². The molecule has 2 aromatic carbocycles. The number of nitrogens with one attached hydrogen (secondary N) is 1. The fourth-order valence-electron chi connectivity index (χ4n) is 2.73. The Morgan fingerprint density at radius 1 is 1.07 bits per heavy atom. The number of nitrogens with zero attached hydrogens (tertiary/aromatic N) is 2. The molecule has 0 fully saturated rings. The predicted molar refractivity (Wildman–Crippen MR) is 99.5 cm³/mol. The zero-order chi connectivity index (χ0) is 18.8. The van der Waals surface area contributed by atoms with E-state index in [1.807, 2.05) is 25.1 Å². The fourth-order valence-corrected chi connectivity index (χ4v) is 2.73. The van der Waals surface area contributed by atoms with Gasteiger partial charge < -0.3 is 9.73 Å². The molecule has 0 saturated heterocycles. The van der Waals surface area contributed by atoms with E-state index in [4.69, 9.17) is 4.42 Å². The molecule has 27 heavy (non-hydrogen) atoms. The van der Waals surface area contributed by atoms with Gasteiger partial charge in [-0.15, -0.1) is 0 Å². The topological polar surface area (TPSA) is 68.0 Å². The molecule has 0 unspecified atom stereocenters. The summed E-state index contributed by atoms with van der Waals surface area (Å²) >= 11 is 0. The predicted octanol–water partition coefficient (Wildman–Crippen LogP) is 4.27. The van der Waals surface area contributed by atoms with Crippen LogP contribution in [0.1, 0.15) is 21.6 Å². The number of oxazole rings is 1. The number of aryl methyl sites for hydroxylation is 1. The quantitative estimate of drug-likeness (QED) is 0.589. The molecule has 0 atom stereocenters. The van der Waals surface area contributed by atoms with Gasteiger partial charge in [-0.3, -0.25) is 4.79 Å². The van der Waals surface area contributed by atoms with Crippen molar-refractivity contribution in [3.63, 3.8) is 0 Å². The molecular formula is C21H16FN3O2. The Hall–Kier alpha value is -3.54. The number of benzene rings is 2. The second-order valence-corrected chi connectivity index (χ2v) is 6.17. The van der Waals surface area contributed by atoms with Crippen molar-refractivity contribution in [2.75, 3.05) is 0 Å². The number of halogens is 1. The lowest BCUT2D eigenvalue weighted by molar-refractivity contribution is 0.0951. The van der Waals surface area contributed by atoms with Gasteiger partial charge in [0.05, 0.1) is 0 Å². The molecule has 6 heteroatoms. The summed E-state index contributed by atoms with van der Waals surface area (Å²) in [4.78, 5) is 21.2. The molecule has 0 aliphatic rings. The Balaban J connectivity index is 1.54. The van der Waals surface area contributed by atoms with Gasteiger partial charge in [-0.05, 0) is 55.0 Å². The summed E-state index contributed by atoms with van der Waals surface area (Å²) in [6.07, 6.45) is 0. The van der Waals surface area contributed by atoms with Gasteiger partial charge in [-0.25, -0.2) is 14.4 Å². The minimum atomic E-state index is -0.305. The molecule has 0 aliphatic heterocycles. The number of aromatic nitrogens is 2. The van der Waals surface area contributed by atoms with E-state index < -0.39 is 0 Å². The molecule has 1 amide bonds. The standard InChI is InChI=1S/C21H16FN3O2/c1-13-3-2-4-17(24-13)21-25-18-11-15(7-10-19(18)27-21)20(26)23-12-14-5-8-16(22)9-6-14/h2-11H,12H2,1H3,(H,23,26). The summed E-state index contributed by atoms with van der Waals surface area (Å²) in [5, 5.41) is 2.81. The summed E-state index contributed by atoms with van der Waals surface area (Å²) in [6.45, 7) is 2.21. The van der Waals surface area contributed by atoms with Crippen LogP contribution in [0.25, 0.3) is 22.7 Å². The molecule has 2 aromatic heterocycles. The van der Waals surface area contributed by atoms with Gasteiger partial charge in [0.15, 0.2) is 5.58 Å². The highest BCUT2D eigenvalue weighted by Gasteiger charge is 2.13. The van der Waals surface area contributed by atoms with E-state index in [0.29, 0.717) is 34.8 Å². The molecule has 0 saturated carbocycles. The number of fused-ring (bicyclic) bond motifs is 1. The van der Waals surface area contributed by atoms with Crippen molar-refractivity contribution < 1.29 is 13.6 Å². The third-order valence-corrected chi connectivity index (χ3v) is 4.12. The Kier molecular flexibility index (Phi) is 4.38. The number of hydrogen-bond acceptors (Lipinski definition) is 4. The monoisotopic (exact) mass is 361 g/mol. The van der Waals surface area contributed by atoms with Crippen LogP contribution in [0.3, 0.4) is 0 Å². The van der Waals surface area contributed by atoms with Gasteiger partial charge in [-0.1, -0.05) is 18.2 Å². The highest BCUT2D eigenvalue weighted by molar-refractivity contribution is 5.97. The second kappa shape index (κ2) is 6.99. The first-order chi connectivity index (χ1) is 13.1. The van der Waals surface area contributed by atoms with Gasteiger partial charge in [0, 0.05) is 17.8 Å². The lowest BCUT2D eigenvalue weighted by Gasteiger charge is -2.05. The number of carbonyl (C=O) groups excluding carboxylic acids is 1. The highest BCUT2D eigenvalue weighted by Crippen LogP contribution is 2.24. The third kappa shape index (κ3) is 3.69. The van der Waals surface area contributed by atoms with Crippen molar-refractivity contribution in [2.45, 2.75) is 13.5 Å². The highest BCUT2D eigenvalue weighted by atomic mass is 19.1. The lowest BCUT2D eigenvalue weighted by Crippen LogP contribution is -2.22. The van der Waals surface area contributed by atoms with Crippen molar-refractivity contribution in [1.29, 1.82) is 0 Å². The molecule has 0 bridgehead atoms. The fraction of sp³-hybridized carbons (Fsp3) is 0.0952. The van der Waals surface area contributed by atoms with Crippen LogP contribution < -0.4 is 5.32 Å².